The van der Waals surface area contributed by atoms with Crippen molar-refractivity contribution in [2.24, 2.45) is 0 Å². The SMILES string of the molecule is Cl.O=C(CCC(=O)c1ccc(F)cc1)NCc1ccc2c(c1)CNC2. The molecule has 1 aliphatic heterocycles. The Kier molecular flexibility index (Phi) is 6.67. The zero-order chi connectivity index (χ0) is 16.9. The minimum atomic E-state index is -0.381. The highest BCUT2D eigenvalue weighted by atomic mass is 35.5. The van der Waals surface area contributed by atoms with Gasteiger partial charge in [0.05, 0.1) is 0 Å². The maximum absolute atomic E-state index is 12.8. The third-order valence-electron chi connectivity index (χ3n) is 4.14. The Hall–Kier alpha value is -2.24. The van der Waals surface area contributed by atoms with E-state index in [2.05, 4.69) is 22.8 Å². The number of amides is 1. The van der Waals surface area contributed by atoms with E-state index >= 15 is 0 Å². The second-order valence-corrected chi connectivity index (χ2v) is 5.91. The Morgan fingerprint density at radius 2 is 1.72 bits per heavy atom. The fraction of sp³-hybridized carbons (Fsp3) is 0.263. The summed E-state index contributed by atoms with van der Waals surface area (Å²) < 4.78 is 12.8. The largest absolute Gasteiger partial charge is 0.352 e. The molecular formula is C19H20ClFN2O2. The molecule has 0 atom stereocenters. The number of ketones is 1. The van der Waals surface area contributed by atoms with Crippen LogP contribution in [0.2, 0.25) is 0 Å². The average Bonchev–Trinajstić information content (AvgIpc) is 3.06. The van der Waals surface area contributed by atoms with Gasteiger partial charge in [-0.1, -0.05) is 18.2 Å². The Labute approximate surface area is 152 Å². The highest BCUT2D eigenvalue weighted by Crippen LogP contribution is 2.17. The van der Waals surface area contributed by atoms with Gasteiger partial charge >= 0.3 is 0 Å². The summed E-state index contributed by atoms with van der Waals surface area (Å²) in [7, 11) is 0. The summed E-state index contributed by atoms with van der Waals surface area (Å²) in [5.74, 6) is -0.702. The number of nitrogens with one attached hydrogen (secondary N) is 2. The van der Waals surface area contributed by atoms with E-state index in [9.17, 15) is 14.0 Å². The van der Waals surface area contributed by atoms with Crippen LogP contribution in [0.25, 0.3) is 0 Å². The zero-order valence-corrected chi connectivity index (χ0v) is 14.5. The molecule has 1 amide bonds. The molecule has 0 fully saturated rings. The minimum absolute atomic E-state index is 0. The van der Waals surface area contributed by atoms with Gasteiger partial charge in [-0.3, -0.25) is 9.59 Å². The highest BCUT2D eigenvalue weighted by Gasteiger charge is 2.12. The van der Waals surface area contributed by atoms with E-state index in [1.165, 1.54) is 35.4 Å². The first-order valence-corrected chi connectivity index (χ1v) is 7.99. The molecule has 0 aliphatic carbocycles. The molecule has 1 heterocycles. The Balaban J connectivity index is 0.00000225. The van der Waals surface area contributed by atoms with Crippen LogP contribution in [-0.4, -0.2) is 11.7 Å². The van der Waals surface area contributed by atoms with Crippen LogP contribution in [0.15, 0.2) is 42.5 Å². The van der Waals surface area contributed by atoms with Gasteiger partial charge in [0.15, 0.2) is 5.78 Å². The maximum atomic E-state index is 12.8. The number of Topliss-reactive ketones (excluding diaryl/α,β-unsaturated/α-hetero) is 1. The van der Waals surface area contributed by atoms with Crippen LogP contribution in [0, 0.1) is 5.82 Å². The number of carbonyl (C=O) groups excluding carboxylic acids is 2. The highest BCUT2D eigenvalue weighted by molar-refractivity contribution is 5.97. The van der Waals surface area contributed by atoms with E-state index in [1.54, 1.807) is 0 Å². The lowest BCUT2D eigenvalue weighted by molar-refractivity contribution is -0.121. The monoisotopic (exact) mass is 362 g/mol. The van der Waals surface area contributed by atoms with Gasteiger partial charge < -0.3 is 10.6 Å². The molecule has 3 rings (SSSR count). The van der Waals surface area contributed by atoms with Crippen molar-refractivity contribution in [2.75, 3.05) is 0 Å². The number of hydrogen-bond acceptors (Lipinski definition) is 3. The molecular weight excluding hydrogens is 343 g/mol. The third kappa shape index (κ3) is 5.11. The Morgan fingerprint density at radius 1 is 1.00 bits per heavy atom. The van der Waals surface area contributed by atoms with Gasteiger partial charge in [-0.2, -0.15) is 0 Å². The number of fused-ring (bicyclic) bond motifs is 1. The van der Waals surface area contributed by atoms with Crippen LogP contribution in [-0.2, 0) is 24.4 Å². The van der Waals surface area contributed by atoms with E-state index in [0.29, 0.717) is 12.1 Å². The predicted octanol–water partition coefficient (Wildman–Crippen LogP) is 3.13. The fourth-order valence-corrected chi connectivity index (χ4v) is 2.75. The van der Waals surface area contributed by atoms with Crippen LogP contribution >= 0.6 is 12.4 Å². The van der Waals surface area contributed by atoms with Gasteiger partial charge in [-0.05, 0) is 41.0 Å². The normalized spacial score (nSPS) is 12.2. The third-order valence-corrected chi connectivity index (χ3v) is 4.14. The van der Waals surface area contributed by atoms with Crippen LogP contribution in [0.3, 0.4) is 0 Å². The molecule has 0 radical (unpaired) electrons. The summed E-state index contributed by atoms with van der Waals surface area (Å²) in [6.07, 6.45) is 0.244. The lowest BCUT2D eigenvalue weighted by Crippen LogP contribution is -2.23. The van der Waals surface area contributed by atoms with E-state index in [4.69, 9.17) is 0 Å². The molecule has 6 heteroatoms. The van der Waals surface area contributed by atoms with Crippen molar-refractivity contribution in [3.63, 3.8) is 0 Å². The van der Waals surface area contributed by atoms with Gasteiger partial charge in [-0.25, -0.2) is 4.39 Å². The molecule has 0 saturated heterocycles. The Morgan fingerprint density at radius 3 is 2.48 bits per heavy atom. The van der Waals surface area contributed by atoms with Gasteiger partial charge in [0, 0.05) is 38.0 Å². The van der Waals surface area contributed by atoms with Crippen molar-refractivity contribution < 1.29 is 14.0 Å². The minimum Gasteiger partial charge on any atom is -0.352 e. The molecule has 2 aromatic carbocycles. The summed E-state index contributed by atoms with van der Waals surface area (Å²) in [5, 5.41) is 6.12. The molecule has 4 nitrogen and oxygen atoms in total. The summed E-state index contributed by atoms with van der Waals surface area (Å²) >= 11 is 0. The standard InChI is InChI=1S/C19H19FN2O2.ClH/c20-17-5-3-14(4-6-17)18(23)7-8-19(24)22-10-13-1-2-15-11-21-12-16(15)9-13;/h1-6,9,21H,7-8,10-12H2,(H,22,24);1H. The molecule has 0 spiro atoms. The molecule has 2 N–H and O–H groups in total. The van der Waals surface area contributed by atoms with Crippen LogP contribution in [0.4, 0.5) is 4.39 Å². The lowest BCUT2D eigenvalue weighted by atomic mass is 10.1. The van der Waals surface area contributed by atoms with Crippen LogP contribution in [0.1, 0.15) is 39.9 Å². The quantitative estimate of drug-likeness (QED) is 0.776. The fourth-order valence-electron chi connectivity index (χ4n) is 2.75. The first-order chi connectivity index (χ1) is 11.6. The van der Waals surface area contributed by atoms with Crippen molar-refractivity contribution in [1.29, 1.82) is 0 Å². The first kappa shape index (κ1) is 19.1. The van der Waals surface area contributed by atoms with E-state index in [0.717, 1.165) is 18.7 Å². The Bertz CT molecular complexity index is 763. The average molecular weight is 363 g/mol. The summed E-state index contributed by atoms with van der Waals surface area (Å²) in [4.78, 5) is 23.9. The lowest BCUT2D eigenvalue weighted by Gasteiger charge is -2.07. The topological polar surface area (TPSA) is 58.2 Å². The number of rotatable bonds is 6. The van der Waals surface area contributed by atoms with E-state index in [1.807, 2.05) is 6.07 Å². The number of benzene rings is 2. The zero-order valence-electron chi connectivity index (χ0n) is 13.7. The summed E-state index contributed by atoms with van der Waals surface area (Å²) in [6, 6.07) is 11.6. The number of carbonyl (C=O) groups is 2. The van der Waals surface area contributed by atoms with Crippen molar-refractivity contribution in [2.45, 2.75) is 32.5 Å². The van der Waals surface area contributed by atoms with Gasteiger partial charge in [0.2, 0.25) is 5.91 Å². The van der Waals surface area contributed by atoms with Crippen molar-refractivity contribution in [1.82, 2.24) is 10.6 Å². The van der Waals surface area contributed by atoms with Gasteiger partial charge in [0.1, 0.15) is 5.82 Å². The molecule has 0 saturated carbocycles. The van der Waals surface area contributed by atoms with Crippen molar-refractivity contribution in [3.05, 3.63) is 70.5 Å². The van der Waals surface area contributed by atoms with E-state index < -0.39 is 0 Å². The predicted molar refractivity (Wildman–Crippen MR) is 96.0 cm³/mol. The van der Waals surface area contributed by atoms with Gasteiger partial charge in [0.25, 0.3) is 0 Å². The second kappa shape index (κ2) is 8.74. The van der Waals surface area contributed by atoms with E-state index in [-0.39, 0.29) is 42.8 Å². The molecule has 0 unspecified atom stereocenters. The molecule has 1 aliphatic rings. The maximum Gasteiger partial charge on any atom is 0.220 e. The first-order valence-electron chi connectivity index (χ1n) is 7.99. The molecule has 132 valence electrons. The van der Waals surface area contributed by atoms with Crippen molar-refractivity contribution >= 4 is 24.1 Å². The number of hydrogen-bond donors (Lipinski definition) is 2. The second-order valence-electron chi connectivity index (χ2n) is 5.91. The summed E-state index contributed by atoms with van der Waals surface area (Å²) in [6.45, 7) is 2.22. The molecule has 25 heavy (non-hydrogen) atoms. The van der Waals surface area contributed by atoms with Gasteiger partial charge in [-0.15, -0.1) is 12.4 Å². The summed E-state index contributed by atoms with van der Waals surface area (Å²) in [5.41, 5.74) is 4.05. The van der Waals surface area contributed by atoms with Crippen LogP contribution < -0.4 is 10.6 Å². The van der Waals surface area contributed by atoms with Crippen LogP contribution in [0.5, 0.6) is 0 Å². The molecule has 2 aromatic rings. The molecule has 0 aromatic heterocycles. The smallest absolute Gasteiger partial charge is 0.220 e. The number of halogens is 2. The van der Waals surface area contributed by atoms with Crippen molar-refractivity contribution in [3.8, 4) is 0 Å². The molecule has 0 bridgehead atoms.